The van der Waals surface area contributed by atoms with Crippen molar-refractivity contribution in [2.24, 2.45) is 0 Å². The fourth-order valence-corrected chi connectivity index (χ4v) is 4.04. The largest absolute Gasteiger partial charge is 0.350 e. The molecule has 1 aromatic carbocycles. The number of aromatic nitrogens is 3. The SMILES string of the molecule is Cc1c2cnn(-c3ccccc3)c(=O)c2c(C)n1CC(=O)NCc1cccs1. The molecule has 28 heavy (non-hydrogen) atoms. The molecule has 1 N–H and O–H groups in total. The van der Waals surface area contributed by atoms with Crippen molar-refractivity contribution in [3.05, 3.63) is 80.7 Å². The maximum absolute atomic E-state index is 13.1. The molecule has 0 atom stereocenters. The van der Waals surface area contributed by atoms with Gasteiger partial charge in [-0.3, -0.25) is 9.59 Å². The van der Waals surface area contributed by atoms with Crippen molar-refractivity contribution in [1.82, 2.24) is 19.7 Å². The summed E-state index contributed by atoms with van der Waals surface area (Å²) in [6.07, 6.45) is 1.70. The molecule has 7 heteroatoms. The van der Waals surface area contributed by atoms with Gasteiger partial charge in [0.25, 0.3) is 5.56 Å². The summed E-state index contributed by atoms with van der Waals surface area (Å²) in [5, 5.41) is 10.6. The molecule has 0 unspecified atom stereocenters. The van der Waals surface area contributed by atoms with Crippen molar-refractivity contribution in [1.29, 1.82) is 0 Å². The minimum atomic E-state index is -0.179. The molecule has 0 bridgehead atoms. The number of fused-ring (bicyclic) bond motifs is 1. The van der Waals surface area contributed by atoms with E-state index in [0.29, 0.717) is 17.6 Å². The third kappa shape index (κ3) is 3.25. The Morgan fingerprint density at radius 3 is 2.61 bits per heavy atom. The minimum absolute atomic E-state index is 0.0868. The van der Waals surface area contributed by atoms with Crippen LogP contribution in [0.25, 0.3) is 16.5 Å². The Kier molecular flexibility index (Phi) is 4.83. The quantitative estimate of drug-likeness (QED) is 0.567. The zero-order valence-corrected chi connectivity index (χ0v) is 16.5. The van der Waals surface area contributed by atoms with E-state index in [2.05, 4.69) is 10.4 Å². The van der Waals surface area contributed by atoms with E-state index in [4.69, 9.17) is 0 Å². The molecule has 0 spiro atoms. The molecule has 1 amide bonds. The van der Waals surface area contributed by atoms with E-state index in [1.54, 1.807) is 17.5 Å². The van der Waals surface area contributed by atoms with Crippen molar-refractivity contribution in [2.75, 3.05) is 0 Å². The number of para-hydroxylation sites is 1. The van der Waals surface area contributed by atoms with Gasteiger partial charge in [-0.2, -0.15) is 9.78 Å². The molecule has 0 aliphatic carbocycles. The standard InChI is InChI=1S/C21H20N4O2S/c1-14-18-12-23-25(16-7-4-3-5-8-16)21(27)20(18)15(2)24(14)13-19(26)22-11-17-9-6-10-28-17/h3-10,12H,11,13H2,1-2H3,(H,22,26). The molecule has 0 fully saturated rings. The Balaban J connectivity index is 1.67. The molecule has 3 heterocycles. The predicted octanol–water partition coefficient (Wildman–Crippen LogP) is 3.18. The average Bonchev–Trinajstić information content (AvgIpc) is 3.30. The minimum Gasteiger partial charge on any atom is -0.350 e. The van der Waals surface area contributed by atoms with E-state index in [0.717, 1.165) is 21.7 Å². The summed E-state index contributed by atoms with van der Waals surface area (Å²) in [5.74, 6) is -0.0868. The van der Waals surface area contributed by atoms with E-state index in [1.807, 2.05) is 66.3 Å². The second-order valence-electron chi connectivity index (χ2n) is 6.60. The maximum Gasteiger partial charge on any atom is 0.281 e. The zero-order valence-electron chi connectivity index (χ0n) is 15.7. The first-order valence-electron chi connectivity index (χ1n) is 8.98. The van der Waals surface area contributed by atoms with Gasteiger partial charge in [0, 0.05) is 21.7 Å². The Labute approximate surface area is 166 Å². The monoisotopic (exact) mass is 392 g/mol. The van der Waals surface area contributed by atoms with Crippen LogP contribution in [0.3, 0.4) is 0 Å². The van der Waals surface area contributed by atoms with Crippen molar-refractivity contribution in [2.45, 2.75) is 26.9 Å². The Bertz CT molecular complexity index is 1190. The first-order valence-corrected chi connectivity index (χ1v) is 9.86. The number of thiophene rings is 1. The number of carbonyl (C=O) groups excluding carboxylic acids is 1. The third-order valence-corrected chi connectivity index (χ3v) is 5.76. The second kappa shape index (κ2) is 7.44. The van der Waals surface area contributed by atoms with Crippen molar-refractivity contribution < 1.29 is 4.79 Å². The van der Waals surface area contributed by atoms with Crippen LogP contribution < -0.4 is 10.9 Å². The zero-order chi connectivity index (χ0) is 19.7. The number of hydrogen-bond donors (Lipinski definition) is 1. The molecule has 0 radical (unpaired) electrons. The van der Waals surface area contributed by atoms with E-state index < -0.39 is 0 Å². The molecule has 4 rings (SSSR count). The highest BCUT2D eigenvalue weighted by atomic mass is 32.1. The highest BCUT2D eigenvalue weighted by Crippen LogP contribution is 2.22. The van der Waals surface area contributed by atoms with Gasteiger partial charge in [0.1, 0.15) is 6.54 Å². The van der Waals surface area contributed by atoms with Crippen LogP contribution in [-0.4, -0.2) is 20.3 Å². The summed E-state index contributed by atoms with van der Waals surface area (Å²) in [6.45, 7) is 4.47. The highest BCUT2D eigenvalue weighted by Gasteiger charge is 2.18. The van der Waals surface area contributed by atoms with Gasteiger partial charge in [0.05, 0.1) is 23.8 Å². The number of benzene rings is 1. The van der Waals surface area contributed by atoms with Gasteiger partial charge in [0.15, 0.2) is 0 Å². The second-order valence-corrected chi connectivity index (χ2v) is 7.63. The molecular formula is C21H20N4O2S. The number of nitrogens with zero attached hydrogens (tertiary/aromatic N) is 3. The molecule has 0 saturated carbocycles. The van der Waals surface area contributed by atoms with E-state index in [9.17, 15) is 9.59 Å². The Morgan fingerprint density at radius 1 is 1.11 bits per heavy atom. The summed E-state index contributed by atoms with van der Waals surface area (Å²) in [4.78, 5) is 26.6. The fraction of sp³-hybridized carbons (Fsp3) is 0.190. The number of nitrogens with one attached hydrogen (secondary N) is 1. The van der Waals surface area contributed by atoms with Gasteiger partial charge in [-0.15, -0.1) is 11.3 Å². The highest BCUT2D eigenvalue weighted by molar-refractivity contribution is 7.09. The predicted molar refractivity (Wildman–Crippen MR) is 111 cm³/mol. The van der Waals surface area contributed by atoms with Crippen LogP contribution in [0.15, 0.2) is 58.8 Å². The van der Waals surface area contributed by atoms with Crippen LogP contribution in [-0.2, 0) is 17.9 Å². The number of rotatable bonds is 5. The molecule has 0 aliphatic rings. The molecule has 6 nitrogen and oxygen atoms in total. The van der Waals surface area contributed by atoms with Crippen LogP contribution in [0.1, 0.15) is 16.3 Å². The van der Waals surface area contributed by atoms with Gasteiger partial charge in [-0.05, 0) is 37.4 Å². The molecule has 142 valence electrons. The number of amides is 1. The topological polar surface area (TPSA) is 68.9 Å². The lowest BCUT2D eigenvalue weighted by Crippen LogP contribution is -2.27. The Morgan fingerprint density at radius 2 is 1.89 bits per heavy atom. The number of aryl methyl sites for hydroxylation is 2. The first kappa shape index (κ1) is 18.2. The van der Waals surface area contributed by atoms with Gasteiger partial charge in [-0.1, -0.05) is 24.3 Å². The summed E-state index contributed by atoms with van der Waals surface area (Å²) >= 11 is 1.61. The molecule has 3 aromatic heterocycles. The lowest BCUT2D eigenvalue weighted by Gasteiger charge is -2.09. The van der Waals surface area contributed by atoms with Crippen molar-refractivity contribution >= 4 is 28.0 Å². The lowest BCUT2D eigenvalue weighted by atomic mass is 10.2. The van der Waals surface area contributed by atoms with Gasteiger partial charge < -0.3 is 9.88 Å². The van der Waals surface area contributed by atoms with E-state index >= 15 is 0 Å². The summed E-state index contributed by atoms with van der Waals surface area (Å²) in [7, 11) is 0. The van der Waals surface area contributed by atoms with Crippen LogP contribution in [0.4, 0.5) is 0 Å². The lowest BCUT2D eigenvalue weighted by molar-refractivity contribution is -0.121. The molecule has 0 aliphatic heterocycles. The van der Waals surface area contributed by atoms with Crippen LogP contribution in [0, 0.1) is 13.8 Å². The molecule has 0 saturated heterocycles. The smallest absolute Gasteiger partial charge is 0.281 e. The van der Waals surface area contributed by atoms with Crippen LogP contribution in [0.5, 0.6) is 0 Å². The van der Waals surface area contributed by atoms with E-state index in [1.165, 1.54) is 4.68 Å². The summed E-state index contributed by atoms with van der Waals surface area (Å²) < 4.78 is 3.28. The molecule has 4 aromatic rings. The average molecular weight is 392 g/mol. The summed E-state index contributed by atoms with van der Waals surface area (Å²) in [5.41, 5.74) is 2.18. The van der Waals surface area contributed by atoms with Crippen molar-refractivity contribution in [3.8, 4) is 5.69 Å². The van der Waals surface area contributed by atoms with Crippen molar-refractivity contribution in [3.63, 3.8) is 0 Å². The summed E-state index contributed by atoms with van der Waals surface area (Å²) in [6, 6.07) is 13.3. The van der Waals surface area contributed by atoms with Gasteiger partial charge in [-0.25, -0.2) is 0 Å². The van der Waals surface area contributed by atoms with Crippen LogP contribution in [0.2, 0.25) is 0 Å². The van der Waals surface area contributed by atoms with Gasteiger partial charge in [0.2, 0.25) is 5.91 Å². The third-order valence-electron chi connectivity index (χ3n) is 4.88. The van der Waals surface area contributed by atoms with E-state index in [-0.39, 0.29) is 18.0 Å². The maximum atomic E-state index is 13.1. The number of carbonyl (C=O) groups is 1. The normalized spacial score (nSPS) is 11.1. The van der Waals surface area contributed by atoms with Gasteiger partial charge >= 0.3 is 0 Å². The van der Waals surface area contributed by atoms with Crippen LogP contribution >= 0.6 is 11.3 Å². The fourth-order valence-electron chi connectivity index (χ4n) is 3.40. The number of hydrogen-bond acceptors (Lipinski definition) is 4. The first-order chi connectivity index (χ1) is 13.6. The molecular weight excluding hydrogens is 372 g/mol. The Hall–Kier alpha value is -3.19.